The van der Waals surface area contributed by atoms with Crippen LogP contribution in [0.4, 0.5) is 4.39 Å². The molecule has 0 amide bonds. The summed E-state index contributed by atoms with van der Waals surface area (Å²) < 4.78 is 14.1. The molecule has 0 saturated heterocycles. The van der Waals surface area contributed by atoms with E-state index >= 15 is 0 Å². The number of nitrogens with zero attached hydrogens (tertiary/aromatic N) is 2. The molecule has 0 aliphatic carbocycles. The zero-order valence-corrected chi connectivity index (χ0v) is 11.0. The van der Waals surface area contributed by atoms with Gasteiger partial charge in [-0.1, -0.05) is 17.7 Å². The Bertz CT molecular complexity index is 739. The molecular weight excluding hydrogens is 271 g/mol. The minimum atomic E-state index is -0.245. The molecular formula is C13H8ClFN2S. The standard InChI is InChI=1S/C13H8ClFN2S/c1-7-2-3-8(15)4-9(7)11-5-10-12(18-11)13(14)17-6-16-10/h2-6H,1H3. The summed E-state index contributed by atoms with van der Waals surface area (Å²) >= 11 is 7.49. The number of benzene rings is 1. The fourth-order valence-electron chi connectivity index (χ4n) is 1.82. The highest BCUT2D eigenvalue weighted by atomic mass is 35.5. The van der Waals surface area contributed by atoms with Crippen LogP contribution < -0.4 is 0 Å². The predicted molar refractivity (Wildman–Crippen MR) is 72.6 cm³/mol. The summed E-state index contributed by atoms with van der Waals surface area (Å²) in [4.78, 5) is 9.05. The molecule has 0 unspecified atom stereocenters. The second kappa shape index (κ2) is 4.30. The van der Waals surface area contributed by atoms with Crippen LogP contribution in [0.1, 0.15) is 5.56 Å². The van der Waals surface area contributed by atoms with Crippen molar-refractivity contribution in [1.29, 1.82) is 0 Å². The lowest BCUT2D eigenvalue weighted by molar-refractivity contribution is 0.628. The molecule has 0 saturated carbocycles. The van der Waals surface area contributed by atoms with Crippen LogP contribution in [-0.4, -0.2) is 9.97 Å². The first-order chi connectivity index (χ1) is 8.65. The molecule has 0 fully saturated rings. The zero-order valence-electron chi connectivity index (χ0n) is 9.45. The number of fused-ring (bicyclic) bond motifs is 1. The van der Waals surface area contributed by atoms with Gasteiger partial charge in [0.05, 0.1) is 10.2 Å². The SMILES string of the molecule is Cc1ccc(F)cc1-c1cc2ncnc(Cl)c2s1. The summed E-state index contributed by atoms with van der Waals surface area (Å²) in [7, 11) is 0. The maximum absolute atomic E-state index is 13.3. The summed E-state index contributed by atoms with van der Waals surface area (Å²) in [6.07, 6.45) is 1.43. The topological polar surface area (TPSA) is 25.8 Å². The van der Waals surface area contributed by atoms with E-state index in [1.165, 1.54) is 29.8 Å². The van der Waals surface area contributed by atoms with Crippen molar-refractivity contribution in [1.82, 2.24) is 9.97 Å². The molecule has 2 nitrogen and oxygen atoms in total. The lowest BCUT2D eigenvalue weighted by Gasteiger charge is -2.02. The zero-order chi connectivity index (χ0) is 12.7. The van der Waals surface area contributed by atoms with E-state index in [-0.39, 0.29) is 5.82 Å². The fraction of sp³-hybridized carbons (Fsp3) is 0.0769. The van der Waals surface area contributed by atoms with Crippen molar-refractivity contribution in [2.24, 2.45) is 0 Å². The van der Waals surface area contributed by atoms with Gasteiger partial charge < -0.3 is 0 Å². The second-order valence-corrected chi connectivity index (χ2v) is 5.36. The molecule has 3 rings (SSSR count). The summed E-state index contributed by atoms with van der Waals surface area (Å²) in [6.45, 7) is 1.95. The molecule has 0 N–H and O–H groups in total. The van der Waals surface area contributed by atoms with Gasteiger partial charge in [0.2, 0.25) is 0 Å². The van der Waals surface area contributed by atoms with Gasteiger partial charge in [-0.2, -0.15) is 0 Å². The van der Waals surface area contributed by atoms with Crippen LogP contribution in [0.2, 0.25) is 5.15 Å². The first-order valence-corrected chi connectivity index (χ1v) is 6.51. The first kappa shape index (κ1) is 11.6. The molecule has 0 spiro atoms. The second-order valence-electron chi connectivity index (χ2n) is 3.95. The maximum atomic E-state index is 13.3. The number of hydrogen-bond donors (Lipinski definition) is 0. The number of aryl methyl sites for hydroxylation is 1. The quantitative estimate of drug-likeness (QED) is 0.614. The molecule has 0 aliphatic heterocycles. The van der Waals surface area contributed by atoms with Crippen molar-refractivity contribution in [3.8, 4) is 10.4 Å². The van der Waals surface area contributed by atoms with Crippen LogP contribution in [0.15, 0.2) is 30.6 Å². The van der Waals surface area contributed by atoms with Crippen LogP contribution in [0.25, 0.3) is 20.7 Å². The van der Waals surface area contributed by atoms with Crippen LogP contribution in [0.5, 0.6) is 0 Å². The Kier molecular flexibility index (Phi) is 2.76. The van der Waals surface area contributed by atoms with Crippen molar-refractivity contribution in [2.75, 3.05) is 0 Å². The molecule has 5 heteroatoms. The smallest absolute Gasteiger partial charge is 0.150 e. The average Bonchev–Trinajstić information content (AvgIpc) is 2.77. The van der Waals surface area contributed by atoms with Crippen LogP contribution >= 0.6 is 22.9 Å². The summed E-state index contributed by atoms with van der Waals surface area (Å²) in [5, 5.41) is 0.435. The van der Waals surface area contributed by atoms with E-state index in [9.17, 15) is 4.39 Å². The Morgan fingerprint density at radius 2 is 2.06 bits per heavy atom. The summed E-state index contributed by atoms with van der Waals surface area (Å²) in [6, 6.07) is 6.66. The van der Waals surface area contributed by atoms with Crippen LogP contribution in [0, 0.1) is 12.7 Å². The van der Waals surface area contributed by atoms with E-state index < -0.39 is 0 Å². The van der Waals surface area contributed by atoms with Gasteiger partial charge in [-0.25, -0.2) is 14.4 Å². The monoisotopic (exact) mass is 278 g/mol. The molecule has 2 aromatic heterocycles. The third-order valence-corrected chi connectivity index (χ3v) is 4.30. The minimum Gasteiger partial charge on any atom is -0.235 e. The third kappa shape index (κ3) is 1.87. The van der Waals surface area contributed by atoms with Crippen molar-refractivity contribution in [3.05, 3.63) is 47.1 Å². The molecule has 0 radical (unpaired) electrons. The summed E-state index contributed by atoms with van der Waals surface area (Å²) in [5.41, 5.74) is 2.68. The van der Waals surface area contributed by atoms with E-state index in [1.807, 2.05) is 13.0 Å². The van der Waals surface area contributed by atoms with E-state index in [0.29, 0.717) is 5.15 Å². The van der Waals surface area contributed by atoms with Gasteiger partial charge in [-0.15, -0.1) is 11.3 Å². The Labute approximate surface area is 112 Å². The number of halogens is 2. The molecule has 1 aromatic carbocycles. The maximum Gasteiger partial charge on any atom is 0.150 e. The van der Waals surface area contributed by atoms with Gasteiger partial charge in [0.15, 0.2) is 0 Å². The van der Waals surface area contributed by atoms with Gasteiger partial charge in [-0.05, 0) is 36.2 Å². The van der Waals surface area contributed by atoms with Gasteiger partial charge in [0.1, 0.15) is 17.3 Å². The minimum absolute atomic E-state index is 0.245. The number of thiophene rings is 1. The third-order valence-electron chi connectivity index (χ3n) is 2.73. The van der Waals surface area contributed by atoms with Crippen LogP contribution in [0.3, 0.4) is 0 Å². The highest BCUT2D eigenvalue weighted by molar-refractivity contribution is 7.22. The van der Waals surface area contributed by atoms with E-state index in [1.54, 1.807) is 6.07 Å². The first-order valence-electron chi connectivity index (χ1n) is 5.32. The van der Waals surface area contributed by atoms with Gasteiger partial charge >= 0.3 is 0 Å². The fourth-order valence-corrected chi connectivity index (χ4v) is 3.15. The highest BCUT2D eigenvalue weighted by Gasteiger charge is 2.11. The van der Waals surface area contributed by atoms with E-state index in [4.69, 9.17) is 11.6 Å². The van der Waals surface area contributed by atoms with Crippen molar-refractivity contribution in [2.45, 2.75) is 6.92 Å². The predicted octanol–water partition coefficient (Wildman–Crippen LogP) is 4.46. The molecule has 90 valence electrons. The number of aromatic nitrogens is 2. The Hall–Kier alpha value is -1.52. The van der Waals surface area contributed by atoms with Gasteiger partial charge in [0, 0.05) is 4.88 Å². The van der Waals surface area contributed by atoms with Crippen molar-refractivity contribution in [3.63, 3.8) is 0 Å². The lowest BCUT2D eigenvalue weighted by Crippen LogP contribution is -1.82. The number of rotatable bonds is 1. The van der Waals surface area contributed by atoms with E-state index in [2.05, 4.69) is 9.97 Å². The lowest BCUT2D eigenvalue weighted by atomic mass is 10.1. The molecule has 0 atom stereocenters. The Morgan fingerprint density at radius 3 is 2.83 bits per heavy atom. The van der Waals surface area contributed by atoms with Crippen LogP contribution in [-0.2, 0) is 0 Å². The molecule has 18 heavy (non-hydrogen) atoms. The Morgan fingerprint density at radius 1 is 1.22 bits per heavy atom. The largest absolute Gasteiger partial charge is 0.235 e. The molecule has 0 aliphatic rings. The highest BCUT2D eigenvalue weighted by Crippen LogP contribution is 2.36. The summed E-state index contributed by atoms with van der Waals surface area (Å²) in [5.74, 6) is -0.245. The van der Waals surface area contributed by atoms with E-state index in [0.717, 1.165) is 26.2 Å². The van der Waals surface area contributed by atoms with Gasteiger partial charge in [-0.3, -0.25) is 0 Å². The van der Waals surface area contributed by atoms with Gasteiger partial charge in [0.25, 0.3) is 0 Å². The van der Waals surface area contributed by atoms with Crippen molar-refractivity contribution < 1.29 is 4.39 Å². The average molecular weight is 279 g/mol. The normalized spacial score (nSPS) is 11.1. The van der Waals surface area contributed by atoms with Crippen molar-refractivity contribution >= 4 is 33.2 Å². The number of hydrogen-bond acceptors (Lipinski definition) is 3. The molecule has 2 heterocycles. The molecule has 0 bridgehead atoms. The molecule has 3 aromatic rings. The Balaban J connectivity index is 2.26.